The molecule has 3 heteroatoms. The number of aryl methyl sites for hydroxylation is 1. The predicted molar refractivity (Wildman–Crippen MR) is 68.9 cm³/mol. The van der Waals surface area contributed by atoms with Crippen molar-refractivity contribution >= 4 is 11.3 Å². The standard InChI is InChI=1S/C13H21NOS/c1-2-12-3-4-13(16-12)9-14-7-5-11-6-8-15-10-11/h3-4,11,14H,2,5-10H2,1H3. The summed E-state index contributed by atoms with van der Waals surface area (Å²) in [5.41, 5.74) is 0. The molecular weight excluding hydrogens is 218 g/mol. The van der Waals surface area contributed by atoms with Crippen molar-refractivity contribution < 1.29 is 4.74 Å². The van der Waals surface area contributed by atoms with Gasteiger partial charge in [0.2, 0.25) is 0 Å². The fourth-order valence-electron chi connectivity index (χ4n) is 2.04. The molecule has 1 aromatic rings. The zero-order valence-electron chi connectivity index (χ0n) is 10.00. The van der Waals surface area contributed by atoms with E-state index in [1.165, 1.54) is 22.6 Å². The predicted octanol–water partition coefficient (Wildman–Crippen LogP) is 2.83. The second-order valence-corrected chi connectivity index (χ2v) is 5.67. The molecule has 0 aromatic carbocycles. The molecule has 0 aliphatic carbocycles. The van der Waals surface area contributed by atoms with Crippen LogP contribution in [0.4, 0.5) is 0 Å². The lowest BCUT2D eigenvalue weighted by molar-refractivity contribution is 0.184. The third-order valence-corrected chi connectivity index (χ3v) is 4.35. The fraction of sp³-hybridized carbons (Fsp3) is 0.692. The van der Waals surface area contributed by atoms with Gasteiger partial charge in [-0.15, -0.1) is 11.3 Å². The molecule has 1 saturated heterocycles. The van der Waals surface area contributed by atoms with E-state index in [1.807, 2.05) is 11.3 Å². The highest BCUT2D eigenvalue weighted by molar-refractivity contribution is 7.11. The van der Waals surface area contributed by atoms with E-state index in [9.17, 15) is 0 Å². The lowest BCUT2D eigenvalue weighted by Crippen LogP contribution is -2.17. The third-order valence-electron chi connectivity index (χ3n) is 3.12. The van der Waals surface area contributed by atoms with Crippen molar-refractivity contribution in [3.63, 3.8) is 0 Å². The maximum absolute atomic E-state index is 5.36. The molecule has 0 bridgehead atoms. The fourth-order valence-corrected chi connectivity index (χ4v) is 2.96. The second-order valence-electron chi connectivity index (χ2n) is 4.42. The molecule has 0 amide bonds. The van der Waals surface area contributed by atoms with Gasteiger partial charge in [0.25, 0.3) is 0 Å². The first kappa shape index (κ1) is 12.1. The van der Waals surface area contributed by atoms with E-state index in [2.05, 4.69) is 24.4 Å². The molecule has 1 aliphatic rings. The van der Waals surface area contributed by atoms with E-state index >= 15 is 0 Å². The Hall–Kier alpha value is -0.380. The molecule has 90 valence electrons. The van der Waals surface area contributed by atoms with Gasteiger partial charge in [-0.3, -0.25) is 0 Å². The van der Waals surface area contributed by atoms with Crippen LogP contribution in [-0.4, -0.2) is 19.8 Å². The molecule has 0 radical (unpaired) electrons. The van der Waals surface area contributed by atoms with Gasteiger partial charge in [0.1, 0.15) is 0 Å². The van der Waals surface area contributed by atoms with E-state index in [0.29, 0.717) is 0 Å². The van der Waals surface area contributed by atoms with Crippen LogP contribution in [0.5, 0.6) is 0 Å². The average Bonchev–Trinajstić information content (AvgIpc) is 2.95. The number of rotatable bonds is 6. The number of ether oxygens (including phenoxy) is 1. The maximum atomic E-state index is 5.36. The molecule has 2 nitrogen and oxygen atoms in total. The zero-order chi connectivity index (χ0) is 11.2. The van der Waals surface area contributed by atoms with Crippen molar-refractivity contribution in [3.8, 4) is 0 Å². The van der Waals surface area contributed by atoms with Crippen LogP contribution in [0.1, 0.15) is 29.5 Å². The molecule has 2 heterocycles. The molecule has 1 atom stereocenters. The Kier molecular flexibility index (Phi) is 4.82. The number of hydrogen-bond donors (Lipinski definition) is 1. The normalized spacial score (nSPS) is 20.4. The first-order valence-corrected chi connectivity index (χ1v) is 7.06. The molecule has 0 spiro atoms. The van der Waals surface area contributed by atoms with Crippen LogP contribution in [0.25, 0.3) is 0 Å². The van der Waals surface area contributed by atoms with E-state index in [1.54, 1.807) is 0 Å². The molecule has 1 unspecified atom stereocenters. The first-order chi connectivity index (χ1) is 7.88. The molecule has 1 fully saturated rings. The summed E-state index contributed by atoms with van der Waals surface area (Å²) in [6.07, 6.45) is 3.66. The van der Waals surface area contributed by atoms with Gasteiger partial charge < -0.3 is 10.1 Å². The monoisotopic (exact) mass is 239 g/mol. The third kappa shape index (κ3) is 3.58. The van der Waals surface area contributed by atoms with Gasteiger partial charge in [-0.05, 0) is 43.9 Å². The van der Waals surface area contributed by atoms with E-state index in [-0.39, 0.29) is 0 Å². The molecule has 1 N–H and O–H groups in total. The van der Waals surface area contributed by atoms with Gasteiger partial charge in [0, 0.05) is 29.5 Å². The highest BCUT2D eigenvalue weighted by Gasteiger charge is 2.14. The van der Waals surface area contributed by atoms with E-state index in [4.69, 9.17) is 4.74 Å². The highest BCUT2D eigenvalue weighted by Crippen LogP contribution is 2.17. The Balaban J connectivity index is 1.60. The smallest absolute Gasteiger partial charge is 0.0495 e. The minimum Gasteiger partial charge on any atom is -0.381 e. The van der Waals surface area contributed by atoms with Crippen LogP contribution in [-0.2, 0) is 17.7 Å². The summed E-state index contributed by atoms with van der Waals surface area (Å²) in [6.45, 7) is 6.30. The largest absolute Gasteiger partial charge is 0.381 e. The summed E-state index contributed by atoms with van der Waals surface area (Å²) >= 11 is 1.93. The minimum atomic E-state index is 0.794. The van der Waals surface area contributed by atoms with Crippen molar-refractivity contribution in [3.05, 3.63) is 21.9 Å². The number of nitrogens with one attached hydrogen (secondary N) is 1. The highest BCUT2D eigenvalue weighted by atomic mass is 32.1. The minimum absolute atomic E-state index is 0.794. The Labute approximate surface area is 102 Å². The Bertz CT molecular complexity index is 305. The van der Waals surface area contributed by atoms with Gasteiger partial charge in [0.15, 0.2) is 0 Å². The summed E-state index contributed by atoms with van der Waals surface area (Å²) < 4.78 is 5.36. The maximum Gasteiger partial charge on any atom is 0.0495 e. The van der Waals surface area contributed by atoms with Crippen molar-refractivity contribution in [1.82, 2.24) is 5.32 Å². The van der Waals surface area contributed by atoms with Gasteiger partial charge in [-0.2, -0.15) is 0 Å². The first-order valence-electron chi connectivity index (χ1n) is 6.24. The van der Waals surface area contributed by atoms with E-state index in [0.717, 1.165) is 38.6 Å². The summed E-state index contributed by atoms with van der Waals surface area (Å²) in [6, 6.07) is 4.49. The molecule has 0 saturated carbocycles. The van der Waals surface area contributed by atoms with Crippen molar-refractivity contribution in [2.24, 2.45) is 5.92 Å². The second kappa shape index (κ2) is 6.38. The molecular formula is C13H21NOS. The topological polar surface area (TPSA) is 21.3 Å². The Morgan fingerprint density at radius 2 is 2.31 bits per heavy atom. The van der Waals surface area contributed by atoms with Gasteiger partial charge in [-0.25, -0.2) is 0 Å². The summed E-state index contributed by atoms with van der Waals surface area (Å²) in [5, 5.41) is 3.52. The lowest BCUT2D eigenvalue weighted by Gasteiger charge is -2.07. The van der Waals surface area contributed by atoms with Crippen LogP contribution in [0.15, 0.2) is 12.1 Å². The van der Waals surface area contributed by atoms with E-state index < -0.39 is 0 Å². The van der Waals surface area contributed by atoms with Crippen LogP contribution >= 0.6 is 11.3 Å². The lowest BCUT2D eigenvalue weighted by atomic mass is 10.1. The summed E-state index contributed by atoms with van der Waals surface area (Å²) in [7, 11) is 0. The van der Waals surface area contributed by atoms with Gasteiger partial charge >= 0.3 is 0 Å². The zero-order valence-corrected chi connectivity index (χ0v) is 10.8. The number of hydrogen-bond acceptors (Lipinski definition) is 3. The van der Waals surface area contributed by atoms with Crippen LogP contribution in [0.3, 0.4) is 0 Å². The van der Waals surface area contributed by atoms with Gasteiger partial charge in [0.05, 0.1) is 0 Å². The molecule has 2 rings (SSSR count). The van der Waals surface area contributed by atoms with Crippen LogP contribution in [0.2, 0.25) is 0 Å². The number of thiophene rings is 1. The molecule has 1 aromatic heterocycles. The molecule has 16 heavy (non-hydrogen) atoms. The van der Waals surface area contributed by atoms with Crippen LogP contribution in [0, 0.1) is 5.92 Å². The quantitative estimate of drug-likeness (QED) is 0.771. The SMILES string of the molecule is CCc1ccc(CNCCC2CCOC2)s1. The Morgan fingerprint density at radius 1 is 1.44 bits per heavy atom. The molecule has 1 aliphatic heterocycles. The van der Waals surface area contributed by atoms with Crippen molar-refractivity contribution in [2.75, 3.05) is 19.8 Å². The van der Waals surface area contributed by atoms with Crippen molar-refractivity contribution in [2.45, 2.75) is 32.7 Å². The van der Waals surface area contributed by atoms with Crippen LogP contribution < -0.4 is 5.32 Å². The Morgan fingerprint density at radius 3 is 3.00 bits per heavy atom. The van der Waals surface area contributed by atoms with Gasteiger partial charge in [-0.1, -0.05) is 6.92 Å². The van der Waals surface area contributed by atoms with Crippen molar-refractivity contribution in [1.29, 1.82) is 0 Å². The summed E-state index contributed by atoms with van der Waals surface area (Å²) in [5.74, 6) is 0.794. The summed E-state index contributed by atoms with van der Waals surface area (Å²) in [4.78, 5) is 2.94. The average molecular weight is 239 g/mol.